The van der Waals surface area contributed by atoms with Crippen LogP contribution >= 0.6 is 43.3 Å². The number of nitrogens with zero attached hydrogens (tertiary/aromatic N) is 8. The second kappa shape index (κ2) is 15.3. The highest BCUT2D eigenvalue weighted by Gasteiger charge is 2.46. The number of fused-ring (bicyclic) bond motifs is 2. The Bertz CT molecular complexity index is 1910. The predicted octanol–water partition coefficient (Wildman–Crippen LogP) is -0.371. The third-order valence-corrected chi connectivity index (χ3v) is 13.6. The number of aliphatic hydroxyl groups is 4. The van der Waals surface area contributed by atoms with Gasteiger partial charge >= 0.3 is 0 Å². The maximum absolute atomic E-state index is 12.8. The van der Waals surface area contributed by atoms with Crippen molar-refractivity contribution < 1.29 is 57.5 Å². The number of anilines is 2. The minimum Gasteiger partial charge on any atom is -0.387 e. The first-order chi connectivity index (χ1) is 24.0. The van der Waals surface area contributed by atoms with Crippen LogP contribution in [0.1, 0.15) is 12.5 Å². The summed E-state index contributed by atoms with van der Waals surface area (Å²) in [5.41, 5.74) is 5.69. The summed E-state index contributed by atoms with van der Waals surface area (Å²) in [5, 5.41) is 42.5. The molecular weight excluding hydrogens is 817 g/mol. The fourth-order valence-corrected chi connectivity index (χ4v) is 11.1. The van der Waals surface area contributed by atoms with Crippen molar-refractivity contribution in [1.82, 2.24) is 39.0 Å². The van der Waals surface area contributed by atoms with Crippen LogP contribution in [0.4, 0.5) is 11.6 Å². The molecule has 280 valence electrons. The molecule has 29 heteroatoms. The number of imidazole rings is 2. The van der Waals surface area contributed by atoms with Crippen LogP contribution in [0.2, 0.25) is 0 Å². The summed E-state index contributed by atoms with van der Waals surface area (Å²) >= 11 is 18.8. The van der Waals surface area contributed by atoms with Crippen LogP contribution in [-0.2, 0) is 55.7 Å². The van der Waals surface area contributed by atoms with Crippen LogP contribution in [0.5, 0.6) is 0 Å². The maximum atomic E-state index is 12.8. The first-order valence-electron chi connectivity index (χ1n) is 14.4. The van der Waals surface area contributed by atoms with Gasteiger partial charge in [-0.25, -0.2) is 29.9 Å². The summed E-state index contributed by atoms with van der Waals surface area (Å²) < 4.78 is 48.9. The molecule has 6 heterocycles. The zero-order valence-electron chi connectivity index (χ0n) is 25.6. The Labute approximate surface area is 307 Å². The Balaban J connectivity index is 0.965. The number of aliphatic hydroxyl groups excluding tert-OH is 4. The van der Waals surface area contributed by atoms with E-state index in [9.17, 15) is 29.9 Å². The van der Waals surface area contributed by atoms with Gasteiger partial charge in [0.05, 0.1) is 25.9 Å². The summed E-state index contributed by atoms with van der Waals surface area (Å²) in [6.07, 6.45) is -6.81. The van der Waals surface area contributed by atoms with Crippen LogP contribution < -0.4 is 11.5 Å². The third kappa shape index (κ3) is 8.58. The highest BCUT2D eigenvalue weighted by atomic mass is 32.9. The fraction of sp³-hybridized carbons (Fsp3) is 0.545. The van der Waals surface area contributed by atoms with Gasteiger partial charge in [-0.1, -0.05) is 24.5 Å². The second-order valence-electron chi connectivity index (χ2n) is 11.1. The lowest BCUT2D eigenvalue weighted by Crippen LogP contribution is -2.33. The van der Waals surface area contributed by atoms with E-state index in [4.69, 9.17) is 62.6 Å². The minimum absolute atomic E-state index is 0.116. The molecule has 22 nitrogen and oxygen atoms in total. The number of nitrogens with two attached hydrogens (primary N) is 2. The molecule has 0 saturated carbocycles. The minimum atomic E-state index is -4.25. The zero-order chi connectivity index (χ0) is 36.9. The van der Waals surface area contributed by atoms with Gasteiger partial charge in [0.25, 0.3) is 7.37 Å². The first-order valence-corrected chi connectivity index (χ1v) is 24.0. The van der Waals surface area contributed by atoms with Crippen molar-refractivity contribution in [3.8, 4) is 0 Å². The van der Waals surface area contributed by atoms with Crippen LogP contribution in [0.15, 0.2) is 25.3 Å². The summed E-state index contributed by atoms with van der Waals surface area (Å²) in [7, 11) is -4.25. The average Bonchev–Trinajstić information content (AvgIpc) is 3.84. The van der Waals surface area contributed by atoms with Crippen LogP contribution in [0, 0.1) is 0 Å². The highest BCUT2D eigenvalue weighted by molar-refractivity contribution is 8.60. The highest BCUT2D eigenvalue weighted by Crippen LogP contribution is 2.61. The van der Waals surface area contributed by atoms with Gasteiger partial charge in [-0.2, -0.15) is 0 Å². The predicted molar refractivity (Wildman–Crippen MR) is 191 cm³/mol. The molecule has 0 aliphatic carbocycles. The Morgan fingerprint density at radius 2 is 1.10 bits per heavy atom. The molecule has 2 fully saturated rings. The molecule has 6 rings (SSSR count). The van der Waals surface area contributed by atoms with Crippen molar-refractivity contribution in [2.45, 2.75) is 49.1 Å². The lowest BCUT2D eigenvalue weighted by Gasteiger charge is -2.23. The molecule has 2 saturated heterocycles. The summed E-state index contributed by atoms with van der Waals surface area (Å²) in [4.78, 5) is 34.6. The average molecular weight is 849 g/mol. The molecular formula is C22H31N10O12P3S4. The molecule has 0 spiro atoms. The number of ether oxygens (including phenoxy) is 2. The molecule has 2 aliphatic heterocycles. The Hall–Kier alpha value is -1.51. The normalized spacial score (nSPS) is 30.4. The number of aromatic nitrogens is 8. The number of rotatable bonds is 14. The number of thiol groups is 2. The molecule has 9 N–H and O–H groups in total. The molecule has 0 aromatic carbocycles. The van der Waals surface area contributed by atoms with Crippen molar-refractivity contribution >= 4 is 101 Å². The van der Waals surface area contributed by atoms with Crippen molar-refractivity contribution in [2.75, 3.05) is 37.4 Å². The van der Waals surface area contributed by atoms with Crippen molar-refractivity contribution in [2.24, 2.45) is 0 Å². The summed E-state index contributed by atoms with van der Waals surface area (Å²) in [6, 6.07) is 0. The third-order valence-electron chi connectivity index (χ3n) is 7.65. The second-order valence-corrected chi connectivity index (χ2v) is 23.9. The Morgan fingerprint density at radius 3 is 1.49 bits per heavy atom. The first kappa shape index (κ1) is 39.2. The van der Waals surface area contributed by atoms with Gasteiger partial charge in [0.1, 0.15) is 73.0 Å². The quantitative estimate of drug-likeness (QED) is 0.0577. The SMILES string of the molecule is Nc1ncnc2c1ncn2[C@@H]1O[C@H](COP(=S)(S)OCP(=O)(O)COP(=S)(S)OC[C@H]2O[C@@H](n3cnc4c(N)ncnc43)[C@H](O)[C@@H]2O)[C@@H](O)[C@H]1O. The van der Waals surface area contributed by atoms with Crippen molar-refractivity contribution in [1.29, 1.82) is 0 Å². The number of hydrogen-bond acceptors (Lipinski definition) is 21. The van der Waals surface area contributed by atoms with Crippen LogP contribution in [0.3, 0.4) is 0 Å². The van der Waals surface area contributed by atoms with Gasteiger partial charge < -0.3 is 64.4 Å². The number of nitrogen functional groups attached to an aromatic ring is 2. The largest absolute Gasteiger partial charge is 0.387 e. The molecule has 0 radical (unpaired) electrons. The lowest BCUT2D eigenvalue weighted by molar-refractivity contribution is -0.0472. The lowest BCUT2D eigenvalue weighted by atomic mass is 10.1. The van der Waals surface area contributed by atoms with E-state index in [0.29, 0.717) is 0 Å². The molecule has 51 heavy (non-hydrogen) atoms. The van der Waals surface area contributed by atoms with E-state index in [1.807, 2.05) is 0 Å². The van der Waals surface area contributed by atoms with E-state index in [-0.39, 0.29) is 34.0 Å². The van der Waals surface area contributed by atoms with E-state index in [1.165, 1.54) is 34.4 Å². The Morgan fingerprint density at radius 1 is 0.706 bits per heavy atom. The fourth-order valence-electron chi connectivity index (χ4n) is 5.08. The van der Waals surface area contributed by atoms with E-state index in [1.54, 1.807) is 0 Å². The summed E-state index contributed by atoms with van der Waals surface area (Å²) in [6.45, 7) is -0.805. The summed E-state index contributed by atoms with van der Waals surface area (Å²) in [5.74, 6) is 0.232. The van der Waals surface area contributed by atoms with Crippen molar-refractivity contribution in [3.63, 3.8) is 0 Å². The number of hydrogen-bond donors (Lipinski definition) is 9. The molecule has 2 unspecified atom stereocenters. The zero-order valence-corrected chi connectivity index (χ0v) is 31.7. The topological polar surface area (TPSA) is 313 Å². The molecule has 2 aliphatic rings. The van der Waals surface area contributed by atoms with Gasteiger partial charge in [-0.3, -0.25) is 13.7 Å². The standard InChI is InChI=1S/C22H31N10O12P3S4/c23-17-11-19(27-3-25-17)31(5-29-11)21-15(35)13(33)9(43-21)1-39-46(48,49)41-7-45(37,38)8-42-47(50,51)40-2-10-14(34)16(36)22(44-10)32-6-30-12-18(24)26-4-28-20(12)32/h3-6,9-10,13-16,21-22,33-36H,1-2,7-8H2,(H,37,38)(H,48,49)(H,50,51)(H2,23,25,27)(H2,24,26,28)/t9-,10-,13-,14-,15-,16-,21-,22-/m1/s1. The van der Waals surface area contributed by atoms with Gasteiger partial charge in [0.2, 0.25) is 11.4 Å². The van der Waals surface area contributed by atoms with E-state index >= 15 is 0 Å². The maximum Gasteiger partial charge on any atom is 0.251 e. The molecule has 4 aromatic heterocycles. The smallest absolute Gasteiger partial charge is 0.251 e. The van der Waals surface area contributed by atoms with Gasteiger partial charge in [-0.15, -0.1) is 0 Å². The van der Waals surface area contributed by atoms with E-state index in [0.717, 1.165) is 0 Å². The molecule has 0 bridgehead atoms. The van der Waals surface area contributed by atoms with Gasteiger partial charge in [-0.05, 0) is 23.6 Å². The van der Waals surface area contributed by atoms with Gasteiger partial charge in [0.15, 0.2) is 35.4 Å². The Kier molecular flexibility index (Phi) is 11.8. The molecule has 4 aromatic rings. The van der Waals surface area contributed by atoms with E-state index in [2.05, 4.69) is 54.4 Å². The van der Waals surface area contributed by atoms with Crippen LogP contribution in [-0.4, -0.2) is 127 Å². The molecule has 0 amide bonds. The van der Waals surface area contributed by atoms with E-state index < -0.39 is 93.7 Å². The monoisotopic (exact) mass is 848 g/mol. The van der Waals surface area contributed by atoms with Gasteiger partial charge in [0, 0.05) is 0 Å². The molecule has 10 atom stereocenters. The van der Waals surface area contributed by atoms with Crippen LogP contribution in [0.25, 0.3) is 22.3 Å². The van der Waals surface area contributed by atoms with Crippen molar-refractivity contribution in [3.05, 3.63) is 25.3 Å².